The first-order valence-corrected chi connectivity index (χ1v) is 7.52. The second kappa shape index (κ2) is 7.16. The number of alkyl halides is 3. The van der Waals surface area contributed by atoms with Gasteiger partial charge in [0.1, 0.15) is 5.75 Å². The molecule has 2 atom stereocenters. The van der Waals surface area contributed by atoms with E-state index in [9.17, 15) is 13.2 Å². The lowest BCUT2D eigenvalue weighted by atomic mass is 9.84. The summed E-state index contributed by atoms with van der Waals surface area (Å²) >= 11 is 0. The molecule has 2 unspecified atom stereocenters. The average Bonchev–Trinajstić information content (AvgIpc) is 2.46. The van der Waals surface area contributed by atoms with Gasteiger partial charge in [0, 0.05) is 12.6 Å². The minimum atomic E-state index is -4.10. The number of hydrogen-bond donors (Lipinski definition) is 1. The van der Waals surface area contributed by atoms with Crippen LogP contribution in [0, 0.1) is 5.92 Å². The Morgan fingerprint density at radius 1 is 1.14 bits per heavy atom. The highest BCUT2D eigenvalue weighted by atomic mass is 19.4. The van der Waals surface area contributed by atoms with Gasteiger partial charge in [0.25, 0.3) is 0 Å². The van der Waals surface area contributed by atoms with Gasteiger partial charge in [-0.05, 0) is 37.5 Å². The minimum absolute atomic E-state index is 0.241. The molecule has 1 saturated carbocycles. The van der Waals surface area contributed by atoms with Crippen LogP contribution in [0.15, 0.2) is 24.3 Å². The van der Waals surface area contributed by atoms with Crippen molar-refractivity contribution in [1.29, 1.82) is 0 Å². The summed E-state index contributed by atoms with van der Waals surface area (Å²) in [6.45, 7) is 2.98. The maximum atomic E-state index is 13.0. The van der Waals surface area contributed by atoms with Crippen LogP contribution in [0.3, 0.4) is 0 Å². The quantitative estimate of drug-likeness (QED) is 0.875. The molecule has 0 aliphatic heterocycles. The average molecular weight is 301 g/mol. The monoisotopic (exact) mass is 301 g/mol. The van der Waals surface area contributed by atoms with Gasteiger partial charge in [0.05, 0.1) is 12.5 Å². The smallest absolute Gasteiger partial charge is 0.393 e. The lowest BCUT2D eigenvalue weighted by Gasteiger charge is -2.33. The van der Waals surface area contributed by atoms with E-state index in [0.717, 1.165) is 17.7 Å². The normalized spacial score (nSPS) is 23.0. The summed E-state index contributed by atoms with van der Waals surface area (Å²) in [4.78, 5) is 0. The Balaban J connectivity index is 1.91. The molecule has 0 bridgehead atoms. The zero-order valence-electron chi connectivity index (χ0n) is 12.2. The second-order valence-electron chi connectivity index (χ2n) is 5.50. The van der Waals surface area contributed by atoms with E-state index >= 15 is 0 Å². The minimum Gasteiger partial charge on any atom is -0.494 e. The first-order chi connectivity index (χ1) is 10.0. The maximum Gasteiger partial charge on any atom is 0.393 e. The van der Waals surface area contributed by atoms with Crippen molar-refractivity contribution in [2.75, 3.05) is 6.61 Å². The Bertz CT molecular complexity index is 430. The molecule has 118 valence electrons. The first kappa shape index (κ1) is 16.1. The topological polar surface area (TPSA) is 21.3 Å². The summed E-state index contributed by atoms with van der Waals surface area (Å²) in [7, 11) is 0. The summed E-state index contributed by atoms with van der Waals surface area (Å²) in [6, 6.07) is 7.02. The van der Waals surface area contributed by atoms with Gasteiger partial charge in [0.15, 0.2) is 0 Å². The summed E-state index contributed by atoms with van der Waals surface area (Å²) in [6.07, 6.45) is -1.72. The van der Waals surface area contributed by atoms with Crippen LogP contribution in [0.1, 0.15) is 38.2 Å². The van der Waals surface area contributed by atoms with E-state index in [1.165, 1.54) is 0 Å². The van der Waals surface area contributed by atoms with Crippen molar-refractivity contribution < 1.29 is 17.9 Å². The molecule has 5 heteroatoms. The van der Waals surface area contributed by atoms with Crippen molar-refractivity contribution in [2.24, 2.45) is 5.92 Å². The molecule has 0 spiro atoms. The lowest BCUT2D eigenvalue weighted by molar-refractivity contribution is -0.189. The summed E-state index contributed by atoms with van der Waals surface area (Å²) in [5, 5.41) is 3.09. The van der Waals surface area contributed by atoms with Gasteiger partial charge in [-0.3, -0.25) is 0 Å². The first-order valence-electron chi connectivity index (χ1n) is 7.52. The van der Waals surface area contributed by atoms with Crippen LogP contribution in [0.25, 0.3) is 0 Å². The molecule has 21 heavy (non-hydrogen) atoms. The molecule has 2 rings (SSSR count). The lowest BCUT2D eigenvalue weighted by Crippen LogP contribution is -2.45. The molecule has 0 amide bonds. The Kier molecular flexibility index (Phi) is 5.51. The van der Waals surface area contributed by atoms with E-state index in [1.54, 1.807) is 0 Å². The number of benzene rings is 1. The molecule has 0 saturated heterocycles. The van der Waals surface area contributed by atoms with Crippen LogP contribution in [0.4, 0.5) is 13.2 Å². The number of hydrogen-bond acceptors (Lipinski definition) is 2. The number of halogens is 3. The van der Waals surface area contributed by atoms with Crippen molar-refractivity contribution in [3.63, 3.8) is 0 Å². The molecule has 0 heterocycles. The third kappa shape index (κ3) is 4.63. The molecular weight excluding hydrogens is 279 g/mol. The zero-order valence-corrected chi connectivity index (χ0v) is 12.2. The highest BCUT2D eigenvalue weighted by molar-refractivity contribution is 5.27. The highest BCUT2D eigenvalue weighted by Gasteiger charge is 2.45. The van der Waals surface area contributed by atoms with Crippen LogP contribution in [0.5, 0.6) is 5.75 Å². The van der Waals surface area contributed by atoms with Crippen molar-refractivity contribution in [2.45, 2.75) is 51.4 Å². The SMILES string of the molecule is CCOc1ccc(CNC2CCCCC2C(F)(F)F)cc1. The molecule has 1 aromatic rings. The summed E-state index contributed by atoms with van der Waals surface area (Å²) < 4.78 is 44.3. The van der Waals surface area contributed by atoms with Crippen molar-refractivity contribution >= 4 is 0 Å². The number of rotatable bonds is 5. The highest BCUT2D eigenvalue weighted by Crippen LogP contribution is 2.37. The van der Waals surface area contributed by atoms with Crippen molar-refractivity contribution in [1.82, 2.24) is 5.32 Å². The van der Waals surface area contributed by atoms with Gasteiger partial charge in [0.2, 0.25) is 0 Å². The molecular formula is C16H22F3NO. The maximum absolute atomic E-state index is 13.0. The Labute approximate surface area is 123 Å². The fourth-order valence-corrected chi connectivity index (χ4v) is 2.89. The Morgan fingerprint density at radius 2 is 1.81 bits per heavy atom. The summed E-state index contributed by atoms with van der Waals surface area (Å²) in [5.41, 5.74) is 0.977. The van der Waals surface area contributed by atoms with E-state index in [1.807, 2.05) is 31.2 Å². The van der Waals surface area contributed by atoms with E-state index in [0.29, 0.717) is 26.0 Å². The summed E-state index contributed by atoms with van der Waals surface area (Å²) in [5.74, 6) is -0.430. The molecule has 1 N–H and O–H groups in total. The van der Waals surface area contributed by atoms with Gasteiger partial charge < -0.3 is 10.1 Å². The van der Waals surface area contributed by atoms with E-state index in [-0.39, 0.29) is 6.42 Å². The predicted octanol–water partition coefficient (Wildman–Crippen LogP) is 4.30. The standard InChI is InChI=1S/C16H22F3NO/c1-2-21-13-9-7-12(8-10-13)11-20-15-6-4-3-5-14(15)16(17,18)19/h7-10,14-15,20H,2-6,11H2,1H3. The third-order valence-corrected chi connectivity index (χ3v) is 3.99. The number of ether oxygens (including phenoxy) is 1. The van der Waals surface area contributed by atoms with Crippen molar-refractivity contribution in [3.8, 4) is 5.75 Å². The largest absolute Gasteiger partial charge is 0.494 e. The van der Waals surface area contributed by atoms with Crippen LogP contribution < -0.4 is 10.1 Å². The van der Waals surface area contributed by atoms with Crippen LogP contribution in [-0.4, -0.2) is 18.8 Å². The Morgan fingerprint density at radius 3 is 2.43 bits per heavy atom. The van der Waals surface area contributed by atoms with E-state index in [4.69, 9.17) is 4.74 Å². The molecule has 2 nitrogen and oxygen atoms in total. The second-order valence-corrected chi connectivity index (χ2v) is 5.50. The van der Waals surface area contributed by atoms with Gasteiger partial charge in [-0.15, -0.1) is 0 Å². The van der Waals surface area contributed by atoms with Crippen LogP contribution >= 0.6 is 0 Å². The van der Waals surface area contributed by atoms with Gasteiger partial charge in [-0.25, -0.2) is 0 Å². The zero-order chi connectivity index (χ0) is 15.3. The van der Waals surface area contributed by atoms with Gasteiger partial charge in [-0.2, -0.15) is 13.2 Å². The molecule has 1 aliphatic carbocycles. The van der Waals surface area contributed by atoms with E-state index in [2.05, 4.69) is 5.32 Å². The fourth-order valence-electron chi connectivity index (χ4n) is 2.89. The molecule has 0 radical (unpaired) electrons. The predicted molar refractivity (Wildman–Crippen MR) is 76.3 cm³/mol. The molecule has 0 aromatic heterocycles. The van der Waals surface area contributed by atoms with Crippen LogP contribution in [0.2, 0.25) is 0 Å². The number of nitrogens with one attached hydrogen (secondary N) is 1. The van der Waals surface area contributed by atoms with Gasteiger partial charge >= 0.3 is 6.18 Å². The van der Waals surface area contributed by atoms with Crippen molar-refractivity contribution in [3.05, 3.63) is 29.8 Å². The molecule has 1 aromatic carbocycles. The fraction of sp³-hybridized carbons (Fsp3) is 0.625. The van der Waals surface area contributed by atoms with Gasteiger partial charge in [-0.1, -0.05) is 25.0 Å². The molecule has 1 fully saturated rings. The third-order valence-electron chi connectivity index (χ3n) is 3.99. The Hall–Kier alpha value is -1.23. The molecule has 1 aliphatic rings. The van der Waals surface area contributed by atoms with E-state index < -0.39 is 18.1 Å². The van der Waals surface area contributed by atoms with Crippen LogP contribution in [-0.2, 0) is 6.54 Å².